The zero-order valence-corrected chi connectivity index (χ0v) is 31.4. The monoisotopic (exact) mass is 734 g/mol. The molecule has 0 aromatic rings. The fourth-order valence-electron chi connectivity index (χ4n) is 9.39. The molecule has 0 bridgehead atoms. The number of amides is 5. The lowest BCUT2D eigenvalue weighted by atomic mass is 9.78. The van der Waals surface area contributed by atoms with Gasteiger partial charge in [0.05, 0.1) is 23.4 Å². The Morgan fingerprint density at radius 2 is 1.61 bits per heavy atom. The first-order valence-electron chi connectivity index (χ1n) is 19.4. The van der Waals surface area contributed by atoms with Gasteiger partial charge in [-0.3, -0.25) is 19.2 Å². The van der Waals surface area contributed by atoms with Crippen molar-refractivity contribution in [3.05, 3.63) is 0 Å². The summed E-state index contributed by atoms with van der Waals surface area (Å²) < 4.78 is 34.6. The molecule has 0 aromatic heterocycles. The van der Waals surface area contributed by atoms with Crippen LogP contribution in [-0.2, 0) is 33.9 Å². The molecule has 286 valence electrons. The maximum absolute atomic E-state index is 14.4. The first-order chi connectivity index (χ1) is 24.3. The average Bonchev–Trinajstić information content (AvgIpc) is 3.88. The van der Waals surface area contributed by atoms with Crippen LogP contribution in [0.4, 0.5) is 4.79 Å². The van der Waals surface area contributed by atoms with Crippen molar-refractivity contribution in [2.45, 2.75) is 146 Å². The topological polar surface area (TPSA) is 183 Å². The molecule has 3 heterocycles. The Morgan fingerprint density at radius 1 is 0.922 bits per heavy atom. The van der Waals surface area contributed by atoms with E-state index in [0.717, 1.165) is 57.8 Å². The molecular weight excluding hydrogens is 676 g/mol. The molecule has 0 aromatic carbocycles. The van der Waals surface area contributed by atoms with E-state index >= 15 is 0 Å². The number of hydrogen-bond acceptors (Lipinski definition) is 8. The summed E-state index contributed by atoms with van der Waals surface area (Å²) in [6, 6.07) is -3.62. The number of nitrogens with zero attached hydrogens (tertiary/aromatic N) is 2. The highest BCUT2D eigenvalue weighted by Crippen LogP contribution is 2.65. The van der Waals surface area contributed by atoms with Gasteiger partial charge in [-0.2, -0.15) is 0 Å². The Labute approximate surface area is 302 Å². The third-order valence-corrected chi connectivity index (χ3v) is 15.2. The van der Waals surface area contributed by atoms with Crippen molar-refractivity contribution >= 4 is 39.6 Å². The fourth-order valence-corrected chi connectivity index (χ4v) is 11.7. The van der Waals surface area contributed by atoms with E-state index in [2.05, 4.69) is 35.1 Å². The number of piperidine rings is 1. The maximum atomic E-state index is 14.4. The Hall–Kier alpha value is -2.78. The van der Waals surface area contributed by atoms with Gasteiger partial charge < -0.3 is 30.9 Å². The molecule has 14 nitrogen and oxygen atoms in total. The molecule has 0 radical (unpaired) electrons. The number of Topliss-reactive ketones (excluding diaryl/α,β-unsaturated/α-hetero) is 1. The van der Waals surface area contributed by atoms with E-state index in [0.29, 0.717) is 58.3 Å². The predicted octanol–water partition coefficient (Wildman–Crippen LogP) is 1.97. The minimum Gasteiger partial charge on any atom is -0.379 e. The molecule has 4 N–H and O–H groups in total. The van der Waals surface area contributed by atoms with Gasteiger partial charge in [-0.15, -0.1) is 0 Å². The number of hydrogen-bond donors (Lipinski definition) is 4. The third kappa shape index (κ3) is 7.95. The summed E-state index contributed by atoms with van der Waals surface area (Å²) in [5.41, 5.74) is -1.16. The number of urea groups is 1. The lowest BCUT2D eigenvalue weighted by Gasteiger charge is -2.42. The van der Waals surface area contributed by atoms with E-state index in [-0.39, 0.29) is 29.9 Å². The summed E-state index contributed by atoms with van der Waals surface area (Å²) in [5, 5.41) is 10.8. The Bertz CT molecular complexity index is 1460. The summed E-state index contributed by atoms with van der Waals surface area (Å²) in [4.78, 5) is 70.1. The van der Waals surface area contributed by atoms with E-state index in [1.807, 2.05) is 6.92 Å². The molecule has 15 heteroatoms. The number of sulfonamides is 1. The minimum atomic E-state index is -3.62. The zero-order chi connectivity index (χ0) is 36.6. The molecule has 3 aliphatic carbocycles. The van der Waals surface area contributed by atoms with Crippen LogP contribution in [0.25, 0.3) is 0 Å². The Morgan fingerprint density at radius 3 is 2.29 bits per heavy atom. The molecule has 5 amide bonds. The van der Waals surface area contributed by atoms with Gasteiger partial charge in [-0.05, 0) is 62.2 Å². The Kier molecular flexibility index (Phi) is 11.4. The van der Waals surface area contributed by atoms with Crippen molar-refractivity contribution in [2.75, 3.05) is 32.8 Å². The van der Waals surface area contributed by atoms with Crippen LogP contribution in [0.15, 0.2) is 0 Å². The van der Waals surface area contributed by atoms with Crippen LogP contribution in [-0.4, -0.2) is 115 Å². The zero-order valence-electron chi connectivity index (χ0n) is 30.5. The van der Waals surface area contributed by atoms with Crippen molar-refractivity contribution in [3.63, 3.8) is 0 Å². The molecule has 51 heavy (non-hydrogen) atoms. The lowest BCUT2D eigenvalue weighted by molar-refractivity contribution is -0.144. The molecule has 6 aliphatic rings. The first kappa shape index (κ1) is 38.0. The first-order valence-corrected chi connectivity index (χ1v) is 20.9. The second-order valence-electron chi connectivity index (χ2n) is 16.4. The van der Waals surface area contributed by atoms with Crippen LogP contribution < -0.4 is 21.3 Å². The van der Waals surface area contributed by atoms with Gasteiger partial charge in [0.2, 0.25) is 27.6 Å². The van der Waals surface area contributed by atoms with Crippen LogP contribution in [0.2, 0.25) is 0 Å². The summed E-state index contributed by atoms with van der Waals surface area (Å²) in [7, 11) is -3.62. The van der Waals surface area contributed by atoms with Crippen molar-refractivity contribution < 1.29 is 37.1 Å². The summed E-state index contributed by atoms with van der Waals surface area (Å²) in [5.74, 6) is -2.36. The minimum absolute atomic E-state index is 0.00440. The fraction of sp³-hybridized carbons (Fsp3) is 0.861. The number of carbonyl (C=O) groups is 5. The van der Waals surface area contributed by atoms with Crippen LogP contribution in [0, 0.1) is 17.3 Å². The number of rotatable bonds is 7. The highest BCUT2D eigenvalue weighted by molar-refractivity contribution is 7.90. The summed E-state index contributed by atoms with van der Waals surface area (Å²) in [6.07, 6.45) is 10.0. The number of ether oxygens (including phenoxy) is 1. The van der Waals surface area contributed by atoms with E-state index in [4.69, 9.17) is 4.74 Å². The predicted molar refractivity (Wildman–Crippen MR) is 189 cm³/mol. The second kappa shape index (κ2) is 15.3. The largest absolute Gasteiger partial charge is 0.379 e. The molecule has 0 spiro atoms. The molecular formula is C36H58N6O8S. The number of ketones is 1. The number of fused-ring (bicyclic) bond motifs is 3. The molecule has 6 rings (SSSR count). The Balaban J connectivity index is 1.22. The standard InChI is InChI=1S/C36H58N6O8S/c1-4-41-19-16-27(51(41,48)49)36(17-10-8-11-18-36)40-34(47)39-26-22-50-20-12-7-5-6-9-13-25(30(43)32(45)37-23-14-15-23)38-31(44)29-28-24(35(28,2)3)21-42(29)33(26)46/h23-29H,4-22H2,1-3H3,(H,37,45)(H,38,44)(H2,39,40,47)/t24-,25+,26+,27+,28-,29-/m0/s1. The smallest absolute Gasteiger partial charge is 0.315 e. The van der Waals surface area contributed by atoms with E-state index < -0.39 is 68.5 Å². The van der Waals surface area contributed by atoms with Gasteiger partial charge >= 0.3 is 6.03 Å². The summed E-state index contributed by atoms with van der Waals surface area (Å²) in [6.45, 7) is 7.33. The van der Waals surface area contributed by atoms with Crippen molar-refractivity contribution in [1.29, 1.82) is 0 Å². The van der Waals surface area contributed by atoms with Gasteiger partial charge in [0.25, 0.3) is 5.91 Å². The molecule has 6 fully saturated rings. The van der Waals surface area contributed by atoms with Crippen molar-refractivity contribution in [2.24, 2.45) is 17.3 Å². The van der Waals surface area contributed by atoms with Crippen LogP contribution in [0.3, 0.4) is 0 Å². The van der Waals surface area contributed by atoms with Crippen LogP contribution >= 0.6 is 0 Å². The molecule has 3 saturated heterocycles. The quantitative estimate of drug-likeness (QED) is 0.286. The van der Waals surface area contributed by atoms with Gasteiger partial charge in [-0.1, -0.05) is 65.7 Å². The highest BCUT2D eigenvalue weighted by Gasteiger charge is 2.69. The van der Waals surface area contributed by atoms with E-state index in [1.54, 1.807) is 0 Å². The van der Waals surface area contributed by atoms with Gasteiger partial charge in [0.1, 0.15) is 12.1 Å². The maximum Gasteiger partial charge on any atom is 0.315 e. The SMILES string of the molecule is CCN1CC[C@H](C2(NC(=O)N[C@@H]3COCCCCCCC[C@H](C(=O)C(=O)NC4CC4)NC(=O)[C@@H]4[C@@H]5[C@H](CN4C3=O)C5(C)C)CCCCC2)S1(=O)=O. The van der Waals surface area contributed by atoms with Crippen molar-refractivity contribution in [1.82, 2.24) is 30.5 Å². The van der Waals surface area contributed by atoms with E-state index in [9.17, 15) is 32.4 Å². The van der Waals surface area contributed by atoms with Gasteiger partial charge in [0.15, 0.2) is 0 Å². The van der Waals surface area contributed by atoms with Crippen molar-refractivity contribution in [3.8, 4) is 0 Å². The second-order valence-corrected chi connectivity index (χ2v) is 18.5. The number of carbonyl (C=O) groups excluding carboxylic acids is 5. The molecule has 3 aliphatic heterocycles. The highest BCUT2D eigenvalue weighted by atomic mass is 32.2. The third-order valence-electron chi connectivity index (χ3n) is 12.6. The molecule has 6 atom stereocenters. The molecule has 0 unspecified atom stereocenters. The van der Waals surface area contributed by atoms with Crippen LogP contribution in [0.1, 0.15) is 111 Å². The normalized spacial score (nSPS) is 34.1. The average molecular weight is 735 g/mol. The number of nitrogens with one attached hydrogen (secondary N) is 4. The lowest BCUT2D eigenvalue weighted by Crippen LogP contribution is -2.64. The summed E-state index contributed by atoms with van der Waals surface area (Å²) >= 11 is 0. The van der Waals surface area contributed by atoms with Crippen LogP contribution in [0.5, 0.6) is 0 Å². The van der Waals surface area contributed by atoms with Gasteiger partial charge in [-0.25, -0.2) is 17.5 Å². The van der Waals surface area contributed by atoms with Gasteiger partial charge in [0, 0.05) is 32.3 Å². The molecule has 3 saturated carbocycles. The van der Waals surface area contributed by atoms with E-state index in [1.165, 1.54) is 9.21 Å².